The molecule has 4 fully saturated rings. The van der Waals surface area contributed by atoms with Crippen LogP contribution in [0.4, 0.5) is 13.2 Å². The fraction of sp³-hybridized carbons (Fsp3) is 0.625. The monoisotopic (exact) mass is 435 g/mol. The van der Waals surface area contributed by atoms with E-state index in [1.54, 1.807) is 12.1 Å². The summed E-state index contributed by atoms with van der Waals surface area (Å²) in [7, 11) is 0. The van der Waals surface area contributed by atoms with Gasteiger partial charge >= 0.3 is 6.36 Å². The van der Waals surface area contributed by atoms with E-state index in [2.05, 4.69) is 9.89 Å². The van der Waals surface area contributed by atoms with Crippen molar-refractivity contribution in [3.8, 4) is 17.0 Å². The standard InChI is InChI=1S/C24H28F3NO3/c25-24(26,27)30-21-4-2-1-3-19(21)22-20(23(31-28-22)17-10-11-17)14-29-18-12-9-15-5-7-16(13-18)8-6-15/h1-4,15-18H,5-14H2/t15?,16?,18-/m1/s1. The molecule has 1 atom stereocenters. The van der Waals surface area contributed by atoms with Gasteiger partial charge in [-0.25, -0.2) is 0 Å². The maximum Gasteiger partial charge on any atom is 0.573 e. The molecule has 0 spiro atoms. The Morgan fingerprint density at radius 3 is 2.39 bits per heavy atom. The highest BCUT2D eigenvalue weighted by Crippen LogP contribution is 2.46. The van der Waals surface area contributed by atoms with Crippen LogP contribution in [0.1, 0.15) is 75.0 Å². The van der Waals surface area contributed by atoms with Gasteiger partial charge in [-0.1, -0.05) is 43.0 Å². The number of ether oxygens (including phenoxy) is 2. The number of hydrogen-bond acceptors (Lipinski definition) is 4. The molecule has 1 aromatic carbocycles. The number of fused-ring (bicyclic) bond motifs is 5. The van der Waals surface area contributed by atoms with Crippen LogP contribution in [0.5, 0.6) is 5.75 Å². The molecule has 4 aliphatic carbocycles. The van der Waals surface area contributed by atoms with Crippen LogP contribution in [-0.2, 0) is 11.3 Å². The highest BCUT2D eigenvalue weighted by atomic mass is 19.4. The lowest BCUT2D eigenvalue weighted by Gasteiger charge is -2.35. The Morgan fingerprint density at radius 2 is 1.65 bits per heavy atom. The number of halogens is 3. The fourth-order valence-electron chi connectivity index (χ4n) is 5.23. The van der Waals surface area contributed by atoms with E-state index in [9.17, 15) is 13.2 Å². The minimum absolute atomic E-state index is 0.185. The Labute approximate surface area is 180 Å². The van der Waals surface area contributed by atoms with Crippen LogP contribution in [0.15, 0.2) is 28.8 Å². The summed E-state index contributed by atoms with van der Waals surface area (Å²) >= 11 is 0. The second kappa shape index (κ2) is 8.49. The van der Waals surface area contributed by atoms with Gasteiger partial charge in [0.15, 0.2) is 0 Å². The topological polar surface area (TPSA) is 44.5 Å². The molecule has 0 saturated heterocycles. The summed E-state index contributed by atoms with van der Waals surface area (Å²) in [5, 5.41) is 4.17. The van der Waals surface area contributed by atoms with Gasteiger partial charge in [-0.15, -0.1) is 13.2 Å². The Bertz CT molecular complexity index is 898. The summed E-state index contributed by atoms with van der Waals surface area (Å²) in [6.07, 6.45) is 6.02. The molecule has 1 heterocycles. The zero-order valence-corrected chi connectivity index (χ0v) is 17.5. The van der Waals surface area contributed by atoms with E-state index < -0.39 is 6.36 Å². The SMILES string of the molecule is FC(F)(F)Oc1ccccc1-c1noc(C2CC2)c1CO[C@@H]1CCC2CCC(CC2)C1. The second-order valence-electron chi connectivity index (χ2n) is 9.33. The number of rotatable bonds is 6. The van der Waals surface area contributed by atoms with Gasteiger partial charge in [0.25, 0.3) is 0 Å². The highest BCUT2D eigenvalue weighted by molar-refractivity contribution is 5.70. The molecular formula is C24H28F3NO3. The molecule has 0 aliphatic heterocycles. The van der Waals surface area contributed by atoms with Crippen LogP contribution in [0.25, 0.3) is 11.3 Å². The van der Waals surface area contributed by atoms with E-state index in [4.69, 9.17) is 9.26 Å². The lowest BCUT2D eigenvalue weighted by Crippen LogP contribution is -2.26. The van der Waals surface area contributed by atoms with Gasteiger partial charge < -0.3 is 14.0 Å². The number of hydrogen-bond donors (Lipinski definition) is 0. The van der Waals surface area contributed by atoms with Gasteiger partial charge in [-0.2, -0.15) is 0 Å². The lowest BCUT2D eigenvalue weighted by molar-refractivity contribution is -0.274. The Balaban J connectivity index is 1.39. The van der Waals surface area contributed by atoms with Gasteiger partial charge in [0.1, 0.15) is 17.2 Å². The van der Waals surface area contributed by atoms with Crippen molar-refractivity contribution in [1.29, 1.82) is 0 Å². The highest BCUT2D eigenvalue weighted by Gasteiger charge is 2.36. The van der Waals surface area contributed by atoms with E-state index in [0.717, 1.165) is 48.8 Å². The molecule has 4 aliphatic rings. The zero-order chi connectivity index (χ0) is 21.4. The number of nitrogens with zero attached hydrogens (tertiary/aromatic N) is 1. The average molecular weight is 435 g/mol. The Kier molecular flexibility index (Phi) is 5.71. The van der Waals surface area contributed by atoms with Crippen LogP contribution in [0, 0.1) is 11.8 Å². The summed E-state index contributed by atoms with van der Waals surface area (Å²) in [5.41, 5.74) is 1.45. The number of alkyl halides is 3. The zero-order valence-electron chi connectivity index (χ0n) is 17.5. The third kappa shape index (κ3) is 4.92. The summed E-state index contributed by atoms with van der Waals surface area (Å²) < 4.78 is 55.0. The summed E-state index contributed by atoms with van der Waals surface area (Å²) in [6, 6.07) is 6.10. The largest absolute Gasteiger partial charge is 0.573 e. The van der Waals surface area contributed by atoms with E-state index in [1.807, 2.05) is 0 Å². The lowest BCUT2D eigenvalue weighted by atomic mass is 9.74. The maximum atomic E-state index is 12.9. The first-order valence-electron chi connectivity index (χ1n) is 11.4. The number of benzene rings is 1. The van der Waals surface area contributed by atoms with Crippen LogP contribution in [-0.4, -0.2) is 17.6 Å². The van der Waals surface area contributed by atoms with E-state index in [-0.39, 0.29) is 23.3 Å². The van der Waals surface area contributed by atoms with Gasteiger partial charge in [-0.05, 0) is 56.1 Å². The minimum Gasteiger partial charge on any atom is -0.405 e. The molecule has 2 bridgehead atoms. The summed E-state index contributed by atoms with van der Waals surface area (Å²) in [5.74, 6) is 2.32. The molecule has 4 saturated carbocycles. The molecule has 2 aromatic rings. The van der Waals surface area contributed by atoms with Gasteiger partial charge in [-0.3, -0.25) is 0 Å². The molecule has 4 nitrogen and oxygen atoms in total. The van der Waals surface area contributed by atoms with Crippen LogP contribution in [0.3, 0.4) is 0 Å². The molecule has 0 N–H and O–H groups in total. The molecular weight excluding hydrogens is 407 g/mol. The molecule has 7 heteroatoms. The molecule has 0 amide bonds. The van der Waals surface area contributed by atoms with Crippen molar-refractivity contribution in [3.05, 3.63) is 35.6 Å². The van der Waals surface area contributed by atoms with Crippen molar-refractivity contribution < 1.29 is 27.2 Å². The predicted molar refractivity (Wildman–Crippen MR) is 108 cm³/mol. The third-order valence-electron chi connectivity index (χ3n) is 7.06. The fourth-order valence-corrected chi connectivity index (χ4v) is 5.23. The molecule has 0 radical (unpaired) electrons. The molecule has 31 heavy (non-hydrogen) atoms. The molecule has 168 valence electrons. The van der Waals surface area contributed by atoms with E-state index in [0.29, 0.717) is 12.3 Å². The van der Waals surface area contributed by atoms with Crippen LogP contribution in [0.2, 0.25) is 0 Å². The first kappa shape index (κ1) is 20.9. The molecule has 0 unspecified atom stereocenters. The van der Waals surface area contributed by atoms with Crippen molar-refractivity contribution >= 4 is 0 Å². The molecule has 1 aromatic heterocycles. The second-order valence-corrected chi connectivity index (χ2v) is 9.33. The van der Waals surface area contributed by atoms with Crippen LogP contribution >= 0.6 is 0 Å². The summed E-state index contributed by atoms with van der Waals surface area (Å²) in [4.78, 5) is 0. The average Bonchev–Trinajstić information content (AvgIpc) is 3.47. The Hall–Kier alpha value is -2.02. The van der Waals surface area contributed by atoms with Crippen molar-refractivity contribution in [2.24, 2.45) is 11.8 Å². The summed E-state index contributed by atoms with van der Waals surface area (Å²) in [6.45, 7) is 0.313. The van der Waals surface area contributed by atoms with Crippen molar-refractivity contribution in [2.75, 3.05) is 0 Å². The van der Waals surface area contributed by atoms with Crippen molar-refractivity contribution in [2.45, 2.75) is 82.8 Å². The Morgan fingerprint density at radius 1 is 0.935 bits per heavy atom. The van der Waals surface area contributed by atoms with Crippen molar-refractivity contribution in [1.82, 2.24) is 5.16 Å². The maximum absolute atomic E-state index is 12.9. The van der Waals surface area contributed by atoms with Gasteiger partial charge in [0.2, 0.25) is 0 Å². The quantitative estimate of drug-likeness (QED) is 0.490. The van der Waals surface area contributed by atoms with Gasteiger partial charge in [0.05, 0.1) is 12.7 Å². The first-order chi connectivity index (χ1) is 15.0. The number of para-hydroxylation sites is 1. The minimum atomic E-state index is -4.77. The van der Waals surface area contributed by atoms with Crippen LogP contribution < -0.4 is 4.74 Å². The predicted octanol–water partition coefficient (Wildman–Crippen LogP) is 6.99. The third-order valence-corrected chi connectivity index (χ3v) is 7.06. The number of aromatic nitrogens is 1. The van der Waals surface area contributed by atoms with Gasteiger partial charge in [0, 0.05) is 17.0 Å². The van der Waals surface area contributed by atoms with E-state index >= 15 is 0 Å². The van der Waals surface area contributed by atoms with E-state index in [1.165, 1.54) is 44.2 Å². The normalized spacial score (nSPS) is 26.5. The smallest absolute Gasteiger partial charge is 0.405 e. The first-order valence-corrected chi connectivity index (χ1v) is 11.4. The molecule has 6 rings (SSSR count). The van der Waals surface area contributed by atoms with Crippen molar-refractivity contribution in [3.63, 3.8) is 0 Å².